The number of amides is 1. The monoisotopic (exact) mass is 298 g/mol. The number of hydrogen-bond donors (Lipinski definition) is 2. The third kappa shape index (κ3) is 8.42. The smallest absolute Gasteiger partial charge is 0.222 e. The number of nitrogens with one attached hydrogen (secondary N) is 1. The fourth-order valence-electron chi connectivity index (χ4n) is 2.98. The molecule has 2 N–H and O–H groups in total. The molecule has 1 heterocycles. The van der Waals surface area contributed by atoms with Crippen molar-refractivity contribution in [3.8, 4) is 0 Å². The van der Waals surface area contributed by atoms with Crippen molar-refractivity contribution >= 4 is 5.91 Å². The molecule has 1 amide bonds. The zero-order valence-electron chi connectivity index (χ0n) is 13.8. The van der Waals surface area contributed by atoms with Crippen LogP contribution < -0.4 is 5.32 Å². The first-order valence-corrected chi connectivity index (χ1v) is 8.87. The van der Waals surface area contributed by atoms with Gasteiger partial charge in [-0.15, -0.1) is 0 Å². The fraction of sp³-hybridized carbons (Fsp3) is 0.941. The molecule has 0 bridgehead atoms. The van der Waals surface area contributed by atoms with Crippen molar-refractivity contribution in [2.75, 3.05) is 32.8 Å². The van der Waals surface area contributed by atoms with Gasteiger partial charge in [-0.3, -0.25) is 4.79 Å². The Labute approximate surface area is 130 Å². The van der Waals surface area contributed by atoms with Gasteiger partial charge in [0.2, 0.25) is 5.91 Å². The summed E-state index contributed by atoms with van der Waals surface area (Å²) in [4.78, 5) is 14.3. The molecule has 1 aliphatic heterocycles. The maximum absolute atomic E-state index is 12.3. The highest BCUT2D eigenvalue weighted by Crippen LogP contribution is 2.15. The van der Waals surface area contributed by atoms with Crippen LogP contribution in [0.25, 0.3) is 0 Å². The molecule has 0 saturated carbocycles. The van der Waals surface area contributed by atoms with Crippen molar-refractivity contribution in [2.24, 2.45) is 5.92 Å². The third-order valence-electron chi connectivity index (χ3n) is 4.40. The number of carbonyl (C=O) groups is 1. The van der Waals surface area contributed by atoms with Crippen molar-refractivity contribution in [2.45, 2.75) is 64.7 Å². The van der Waals surface area contributed by atoms with Crippen LogP contribution in [-0.4, -0.2) is 48.7 Å². The SMILES string of the molecule is CCCCCCCN(CCCO)C(=O)CCC1CCNC1. The van der Waals surface area contributed by atoms with Crippen LogP contribution in [0.2, 0.25) is 0 Å². The van der Waals surface area contributed by atoms with Crippen LogP contribution in [0.15, 0.2) is 0 Å². The predicted molar refractivity (Wildman–Crippen MR) is 87.3 cm³/mol. The largest absolute Gasteiger partial charge is 0.396 e. The Balaban J connectivity index is 2.23. The molecule has 1 rings (SSSR count). The molecule has 4 nitrogen and oxygen atoms in total. The number of unbranched alkanes of at least 4 members (excludes halogenated alkanes) is 4. The molecular weight excluding hydrogens is 264 g/mol. The minimum atomic E-state index is 0.173. The Bertz CT molecular complexity index is 266. The maximum atomic E-state index is 12.3. The van der Waals surface area contributed by atoms with E-state index in [-0.39, 0.29) is 12.5 Å². The molecule has 0 radical (unpaired) electrons. The van der Waals surface area contributed by atoms with Crippen molar-refractivity contribution in [3.63, 3.8) is 0 Å². The summed E-state index contributed by atoms with van der Waals surface area (Å²) in [6.07, 6.45) is 9.72. The Morgan fingerprint density at radius 2 is 1.95 bits per heavy atom. The van der Waals surface area contributed by atoms with Gasteiger partial charge in [-0.05, 0) is 44.7 Å². The summed E-state index contributed by atoms with van der Waals surface area (Å²) in [5.41, 5.74) is 0. The number of hydrogen-bond acceptors (Lipinski definition) is 3. The molecule has 1 saturated heterocycles. The Hall–Kier alpha value is -0.610. The molecule has 4 heteroatoms. The normalized spacial score (nSPS) is 18.1. The fourth-order valence-corrected chi connectivity index (χ4v) is 2.98. The lowest BCUT2D eigenvalue weighted by Gasteiger charge is -2.23. The van der Waals surface area contributed by atoms with Gasteiger partial charge < -0.3 is 15.3 Å². The van der Waals surface area contributed by atoms with Gasteiger partial charge in [0.1, 0.15) is 0 Å². The number of aliphatic hydroxyl groups excluding tert-OH is 1. The van der Waals surface area contributed by atoms with Crippen molar-refractivity contribution in [1.82, 2.24) is 10.2 Å². The second kappa shape index (κ2) is 12.0. The average molecular weight is 298 g/mol. The van der Waals surface area contributed by atoms with E-state index in [0.717, 1.165) is 32.5 Å². The Morgan fingerprint density at radius 3 is 2.62 bits per heavy atom. The molecular formula is C17H34N2O2. The average Bonchev–Trinajstić information content (AvgIpc) is 3.01. The van der Waals surface area contributed by atoms with Crippen LogP contribution in [0, 0.1) is 5.92 Å². The van der Waals surface area contributed by atoms with Gasteiger partial charge in [0, 0.05) is 26.1 Å². The van der Waals surface area contributed by atoms with Gasteiger partial charge in [0.15, 0.2) is 0 Å². The standard InChI is InChI=1S/C17H34N2O2/c1-2-3-4-5-6-12-19(13-7-14-20)17(21)9-8-16-10-11-18-15-16/h16,18,20H,2-15H2,1H3. The van der Waals surface area contributed by atoms with Crippen molar-refractivity contribution in [3.05, 3.63) is 0 Å². The van der Waals surface area contributed by atoms with Gasteiger partial charge in [-0.25, -0.2) is 0 Å². The molecule has 1 aliphatic rings. The maximum Gasteiger partial charge on any atom is 0.222 e. The van der Waals surface area contributed by atoms with E-state index in [0.29, 0.717) is 25.3 Å². The third-order valence-corrected chi connectivity index (χ3v) is 4.40. The summed E-state index contributed by atoms with van der Waals surface area (Å²) in [7, 11) is 0. The molecule has 0 spiro atoms. The second-order valence-corrected chi connectivity index (χ2v) is 6.27. The summed E-state index contributed by atoms with van der Waals surface area (Å²) in [6.45, 7) is 6.14. The van der Waals surface area contributed by atoms with E-state index in [1.165, 1.54) is 32.1 Å². The minimum absolute atomic E-state index is 0.173. The highest BCUT2D eigenvalue weighted by molar-refractivity contribution is 5.76. The summed E-state index contributed by atoms with van der Waals surface area (Å²) in [5.74, 6) is 0.962. The van der Waals surface area contributed by atoms with E-state index in [1.54, 1.807) is 0 Å². The van der Waals surface area contributed by atoms with E-state index in [1.807, 2.05) is 4.90 Å². The molecule has 124 valence electrons. The number of rotatable bonds is 12. The van der Waals surface area contributed by atoms with Crippen LogP contribution in [0.4, 0.5) is 0 Å². The van der Waals surface area contributed by atoms with E-state index in [9.17, 15) is 4.79 Å². The van der Waals surface area contributed by atoms with Crippen molar-refractivity contribution in [1.29, 1.82) is 0 Å². The molecule has 0 aliphatic carbocycles. The minimum Gasteiger partial charge on any atom is -0.396 e. The quantitative estimate of drug-likeness (QED) is 0.544. The van der Waals surface area contributed by atoms with Crippen LogP contribution in [0.1, 0.15) is 64.7 Å². The topological polar surface area (TPSA) is 52.6 Å². The van der Waals surface area contributed by atoms with Crippen molar-refractivity contribution < 1.29 is 9.90 Å². The van der Waals surface area contributed by atoms with Gasteiger partial charge in [0.05, 0.1) is 0 Å². The molecule has 0 aromatic carbocycles. The number of nitrogens with zero attached hydrogens (tertiary/aromatic N) is 1. The zero-order chi connectivity index (χ0) is 15.3. The summed E-state index contributed by atoms with van der Waals surface area (Å²) < 4.78 is 0. The van der Waals surface area contributed by atoms with E-state index >= 15 is 0 Å². The molecule has 1 atom stereocenters. The van der Waals surface area contributed by atoms with Gasteiger partial charge in [0.25, 0.3) is 0 Å². The van der Waals surface area contributed by atoms with Crippen LogP contribution in [-0.2, 0) is 4.79 Å². The first-order chi connectivity index (χ1) is 10.3. The van der Waals surface area contributed by atoms with Gasteiger partial charge in [-0.2, -0.15) is 0 Å². The first-order valence-electron chi connectivity index (χ1n) is 8.87. The number of aliphatic hydroxyl groups is 1. The van der Waals surface area contributed by atoms with Crippen LogP contribution >= 0.6 is 0 Å². The molecule has 0 aromatic rings. The van der Waals surface area contributed by atoms with Gasteiger partial charge >= 0.3 is 0 Å². The zero-order valence-corrected chi connectivity index (χ0v) is 13.8. The van der Waals surface area contributed by atoms with Gasteiger partial charge in [-0.1, -0.05) is 32.6 Å². The number of carbonyl (C=O) groups excluding carboxylic acids is 1. The molecule has 1 fully saturated rings. The molecule has 0 aromatic heterocycles. The second-order valence-electron chi connectivity index (χ2n) is 6.27. The van der Waals surface area contributed by atoms with E-state index in [4.69, 9.17) is 5.11 Å². The lowest BCUT2D eigenvalue weighted by atomic mass is 10.0. The summed E-state index contributed by atoms with van der Waals surface area (Å²) >= 11 is 0. The van der Waals surface area contributed by atoms with Crippen LogP contribution in [0.5, 0.6) is 0 Å². The lowest BCUT2D eigenvalue weighted by Crippen LogP contribution is -2.33. The lowest BCUT2D eigenvalue weighted by molar-refractivity contribution is -0.131. The highest BCUT2D eigenvalue weighted by atomic mass is 16.3. The van der Waals surface area contributed by atoms with E-state index < -0.39 is 0 Å². The predicted octanol–water partition coefficient (Wildman–Crippen LogP) is 2.56. The molecule has 21 heavy (non-hydrogen) atoms. The van der Waals surface area contributed by atoms with E-state index in [2.05, 4.69) is 12.2 Å². The Morgan fingerprint density at radius 1 is 1.19 bits per heavy atom. The summed E-state index contributed by atoms with van der Waals surface area (Å²) in [6, 6.07) is 0. The highest BCUT2D eigenvalue weighted by Gasteiger charge is 2.18. The van der Waals surface area contributed by atoms with Crippen LogP contribution in [0.3, 0.4) is 0 Å². The summed E-state index contributed by atoms with van der Waals surface area (Å²) in [5, 5.41) is 12.4. The Kier molecular flexibility index (Phi) is 10.5. The molecule has 1 unspecified atom stereocenters. The first kappa shape index (κ1) is 18.4.